The van der Waals surface area contributed by atoms with Gasteiger partial charge in [-0.1, -0.05) is 0 Å². The Labute approximate surface area is 122 Å². The van der Waals surface area contributed by atoms with Crippen LogP contribution < -0.4 is 10.6 Å². The molecule has 0 spiro atoms. The molecule has 0 atom stereocenters. The highest BCUT2D eigenvalue weighted by Gasteiger charge is 2.07. The largest absolute Gasteiger partial charge is 0.369 e. The molecule has 7 heteroatoms. The van der Waals surface area contributed by atoms with E-state index in [1.807, 2.05) is 30.6 Å². The third kappa shape index (κ3) is 2.91. The Morgan fingerprint density at radius 1 is 1.14 bits per heavy atom. The van der Waals surface area contributed by atoms with Crippen LogP contribution >= 0.6 is 0 Å². The van der Waals surface area contributed by atoms with E-state index in [1.54, 1.807) is 18.6 Å². The lowest BCUT2D eigenvalue weighted by Gasteiger charge is -2.10. The van der Waals surface area contributed by atoms with Crippen molar-refractivity contribution in [2.75, 3.05) is 17.2 Å². The van der Waals surface area contributed by atoms with Crippen LogP contribution in [0.15, 0.2) is 31.0 Å². The molecule has 7 nitrogen and oxygen atoms in total. The van der Waals surface area contributed by atoms with Gasteiger partial charge in [-0.15, -0.1) is 0 Å². The summed E-state index contributed by atoms with van der Waals surface area (Å²) >= 11 is 0. The number of hydrogen-bond acceptors (Lipinski definition) is 6. The molecule has 2 N–H and O–H groups in total. The molecule has 0 unspecified atom stereocenters. The Kier molecular flexibility index (Phi) is 3.63. The van der Waals surface area contributed by atoms with Gasteiger partial charge in [0.2, 0.25) is 0 Å². The van der Waals surface area contributed by atoms with E-state index in [4.69, 9.17) is 0 Å². The van der Waals surface area contributed by atoms with Crippen LogP contribution in [0.1, 0.15) is 18.3 Å². The van der Waals surface area contributed by atoms with Crippen molar-refractivity contribution < 1.29 is 0 Å². The van der Waals surface area contributed by atoms with Gasteiger partial charge in [-0.25, -0.2) is 9.97 Å². The van der Waals surface area contributed by atoms with Crippen molar-refractivity contribution in [3.63, 3.8) is 0 Å². The number of aromatic nitrogens is 5. The van der Waals surface area contributed by atoms with Crippen LogP contribution in [0.25, 0.3) is 5.65 Å². The van der Waals surface area contributed by atoms with Gasteiger partial charge >= 0.3 is 0 Å². The van der Waals surface area contributed by atoms with Crippen molar-refractivity contribution in [3.05, 3.63) is 42.4 Å². The van der Waals surface area contributed by atoms with Crippen molar-refractivity contribution >= 4 is 17.3 Å². The van der Waals surface area contributed by atoms with Gasteiger partial charge in [-0.05, 0) is 13.8 Å². The highest BCUT2D eigenvalue weighted by atomic mass is 15.1. The second-order valence-corrected chi connectivity index (χ2v) is 4.67. The van der Waals surface area contributed by atoms with E-state index in [2.05, 4.69) is 30.6 Å². The first kappa shape index (κ1) is 13.3. The average Bonchev–Trinajstić information content (AvgIpc) is 2.95. The van der Waals surface area contributed by atoms with Crippen molar-refractivity contribution in [1.29, 1.82) is 0 Å². The number of rotatable bonds is 5. The third-order valence-electron chi connectivity index (χ3n) is 3.00. The van der Waals surface area contributed by atoms with Crippen molar-refractivity contribution in [3.8, 4) is 0 Å². The Morgan fingerprint density at radius 2 is 2.05 bits per heavy atom. The molecule has 0 aliphatic heterocycles. The minimum absolute atomic E-state index is 0.554. The van der Waals surface area contributed by atoms with Crippen LogP contribution in [0.3, 0.4) is 0 Å². The van der Waals surface area contributed by atoms with E-state index in [-0.39, 0.29) is 0 Å². The maximum atomic E-state index is 4.54. The number of nitrogens with zero attached hydrogens (tertiary/aromatic N) is 5. The Hall–Kier alpha value is -2.70. The van der Waals surface area contributed by atoms with Gasteiger partial charge in [0.25, 0.3) is 0 Å². The number of imidazole rings is 1. The van der Waals surface area contributed by atoms with E-state index < -0.39 is 0 Å². The molecule has 0 saturated carbocycles. The van der Waals surface area contributed by atoms with Crippen LogP contribution in [-0.4, -0.2) is 30.9 Å². The first-order valence-corrected chi connectivity index (χ1v) is 6.85. The summed E-state index contributed by atoms with van der Waals surface area (Å²) < 4.78 is 1.94. The average molecular weight is 283 g/mol. The molecular weight excluding hydrogens is 266 g/mol. The zero-order valence-electron chi connectivity index (χ0n) is 12.0. The van der Waals surface area contributed by atoms with E-state index >= 15 is 0 Å². The molecule has 21 heavy (non-hydrogen) atoms. The predicted molar refractivity (Wildman–Crippen MR) is 81.2 cm³/mol. The summed E-state index contributed by atoms with van der Waals surface area (Å²) in [5.74, 6) is 1.53. The highest BCUT2D eigenvalue weighted by molar-refractivity contribution is 5.65. The minimum Gasteiger partial charge on any atom is -0.369 e. The number of nitrogens with one attached hydrogen (secondary N) is 2. The standard InChI is InChI=1S/C14H17N7/c1-3-15-12-9-21-5-4-16-14(21)13(20-12)19-8-11-7-17-10(2)6-18-11/h4-7,9,15H,3,8H2,1-2H3,(H,19,20). The van der Waals surface area contributed by atoms with Gasteiger partial charge in [0.05, 0.1) is 30.3 Å². The first-order valence-electron chi connectivity index (χ1n) is 6.85. The monoisotopic (exact) mass is 283 g/mol. The topological polar surface area (TPSA) is 80.0 Å². The second kappa shape index (κ2) is 5.74. The van der Waals surface area contributed by atoms with Crippen molar-refractivity contribution in [2.24, 2.45) is 0 Å². The molecule has 0 radical (unpaired) electrons. The summed E-state index contributed by atoms with van der Waals surface area (Å²) in [7, 11) is 0. The summed E-state index contributed by atoms with van der Waals surface area (Å²) in [5, 5.41) is 6.48. The second-order valence-electron chi connectivity index (χ2n) is 4.67. The van der Waals surface area contributed by atoms with Gasteiger partial charge in [-0.3, -0.25) is 9.97 Å². The Bertz CT molecular complexity index is 733. The summed E-state index contributed by atoms with van der Waals surface area (Å²) in [6, 6.07) is 0. The van der Waals surface area contributed by atoms with Crippen LogP contribution in [0.5, 0.6) is 0 Å². The van der Waals surface area contributed by atoms with Crippen LogP contribution in [-0.2, 0) is 6.54 Å². The van der Waals surface area contributed by atoms with E-state index in [0.717, 1.165) is 35.2 Å². The smallest absolute Gasteiger partial charge is 0.180 e. The van der Waals surface area contributed by atoms with Crippen LogP contribution in [0.4, 0.5) is 11.6 Å². The maximum absolute atomic E-state index is 4.54. The lowest BCUT2D eigenvalue weighted by Crippen LogP contribution is -2.08. The van der Waals surface area contributed by atoms with E-state index in [1.165, 1.54) is 0 Å². The first-order chi connectivity index (χ1) is 10.3. The van der Waals surface area contributed by atoms with E-state index in [9.17, 15) is 0 Å². The molecule has 0 aliphatic rings. The zero-order valence-corrected chi connectivity index (χ0v) is 12.0. The molecule has 0 bridgehead atoms. The summed E-state index contributed by atoms with van der Waals surface area (Å²) in [6.45, 7) is 5.32. The zero-order chi connectivity index (χ0) is 14.7. The molecule has 0 fully saturated rings. The van der Waals surface area contributed by atoms with Gasteiger partial charge in [0.1, 0.15) is 5.82 Å². The Morgan fingerprint density at radius 3 is 2.81 bits per heavy atom. The molecule has 3 heterocycles. The van der Waals surface area contributed by atoms with Crippen molar-refractivity contribution in [2.45, 2.75) is 20.4 Å². The maximum Gasteiger partial charge on any atom is 0.180 e. The van der Waals surface area contributed by atoms with Gasteiger partial charge < -0.3 is 15.0 Å². The Balaban J connectivity index is 1.84. The number of anilines is 2. The number of aryl methyl sites for hydroxylation is 1. The molecular formula is C14H17N7. The van der Waals surface area contributed by atoms with E-state index in [0.29, 0.717) is 6.54 Å². The normalized spacial score (nSPS) is 10.8. The SMILES string of the molecule is CCNc1cn2ccnc2c(NCc2cnc(C)cn2)n1. The minimum atomic E-state index is 0.554. The predicted octanol–water partition coefficient (Wildman–Crippen LogP) is 1.87. The molecule has 108 valence electrons. The highest BCUT2D eigenvalue weighted by Crippen LogP contribution is 2.16. The molecule has 0 aromatic carbocycles. The molecule has 3 rings (SSSR count). The molecule has 0 aliphatic carbocycles. The summed E-state index contributed by atoms with van der Waals surface area (Å²) in [6.07, 6.45) is 9.09. The fourth-order valence-electron chi connectivity index (χ4n) is 2.00. The third-order valence-corrected chi connectivity index (χ3v) is 3.00. The summed E-state index contributed by atoms with van der Waals surface area (Å²) in [5.41, 5.74) is 2.55. The fourth-order valence-corrected chi connectivity index (χ4v) is 2.00. The lowest BCUT2D eigenvalue weighted by atomic mass is 10.4. The molecule has 0 amide bonds. The summed E-state index contributed by atoms with van der Waals surface area (Å²) in [4.78, 5) is 17.4. The number of hydrogen-bond donors (Lipinski definition) is 2. The van der Waals surface area contributed by atoms with Gasteiger partial charge in [0.15, 0.2) is 11.5 Å². The van der Waals surface area contributed by atoms with Crippen molar-refractivity contribution in [1.82, 2.24) is 24.3 Å². The fraction of sp³-hybridized carbons (Fsp3) is 0.286. The molecule has 3 aromatic heterocycles. The number of fused-ring (bicyclic) bond motifs is 1. The van der Waals surface area contributed by atoms with Crippen LogP contribution in [0, 0.1) is 6.92 Å². The van der Waals surface area contributed by atoms with Gasteiger partial charge in [0, 0.05) is 25.1 Å². The van der Waals surface area contributed by atoms with Gasteiger partial charge in [-0.2, -0.15) is 0 Å². The molecule has 0 saturated heterocycles. The molecule has 3 aromatic rings. The quantitative estimate of drug-likeness (QED) is 0.744. The van der Waals surface area contributed by atoms with Crippen LogP contribution in [0.2, 0.25) is 0 Å². The lowest BCUT2D eigenvalue weighted by molar-refractivity contribution is 0.971.